The van der Waals surface area contributed by atoms with Gasteiger partial charge in [0.1, 0.15) is 0 Å². The maximum Gasteiger partial charge on any atom is 0.303 e. The number of hydrogen-bond donors (Lipinski definition) is 1. The van der Waals surface area contributed by atoms with Gasteiger partial charge in [-0.1, -0.05) is 0 Å². The van der Waals surface area contributed by atoms with E-state index in [0.717, 1.165) is 12.1 Å². The molecule has 0 spiro atoms. The van der Waals surface area contributed by atoms with Gasteiger partial charge < -0.3 is 9.84 Å². The summed E-state index contributed by atoms with van der Waals surface area (Å²) in [7, 11) is 1.24. The molecule has 0 unspecified atom stereocenters. The monoisotopic (exact) mass is 262 g/mol. The van der Waals surface area contributed by atoms with Crippen LogP contribution in [-0.2, 0) is 11.2 Å². The third-order valence-electron chi connectivity index (χ3n) is 2.44. The first kappa shape index (κ1) is 14.3. The molecule has 0 bridgehead atoms. The lowest BCUT2D eigenvalue weighted by Crippen LogP contribution is -2.01. The highest BCUT2D eigenvalue weighted by Gasteiger charge is 2.16. The first-order valence-corrected chi connectivity index (χ1v) is 5.32. The number of hydrogen-bond acceptors (Lipinski definition) is 2. The van der Waals surface area contributed by atoms with Crippen molar-refractivity contribution in [1.29, 1.82) is 0 Å². The van der Waals surface area contributed by atoms with E-state index in [1.54, 1.807) is 0 Å². The minimum absolute atomic E-state index is 0.107. The number of benzene rings is 1. The lowest BCUT2D eigenvalue weighted by atomic mass is 10.0. The largest absolute Gasteiger partial charge is 0.493 e. The van der Waals surface area contributed by atoms with Crippen LogP contribution < -0.4 is 4.74 Å². The summed E-state index contributed by atoms with van der Waals surface area (Å²) in [6.07, 6.45) is -2.47. The summed E-state index contributed by atoms with van der Waals surface area (Å²) >= 11 is 0. The van der Waals surface area contributed by atoms with Gasteiger partial charge in [-0.3, -0.25) is 4.79 Å². The number of ether oxygens (including phenoxy) is 1. The maximum absolute atomic E-state index is 13.5. The second kappa shape index (κ2) is 6.28. The number of carboxylic acid groups (broad SMARTS) is 1. The van der Waals surface area contributed by atoms with Crippen LogP contribution in [0, 0.1) is 5.82 Å². The fourth-order valence-corrected chi connectivity index (χ4v) is 1.64. The van der Waals surface area contributed by atoms with Gasteiger partial charge in [-0.2, -0.15) is 0 Å². The predicted molar refractivity (Wildman–Crippen MR) is 58.5 cm³/mol. The molecule has 0 amide bonds. The standard InChI is InChI=1S/C12H13F3O3/c1-18-11-7(3-2-4-10(16)17)5-8(12(14)15)6-9(11)13/h5-6,12H,2-4H2,1H3,(H,16,17). The Balaban J connectivity index is 2.95. The molecule has 3 nitrogen and oxygen atoms in total. The Morgan fingerprint density at radius 1 is 1.44 bits per heavy atom. The van der Waals surface area contributed by atoms with Gasteiger partial charge in [0.15, 0.2) is 11.6 Å². The molecule has 0 aliphatic rings. The SMILES string of the molecule is COc1c(F)cc(C(F)F)cc1CCCC(=O)O. The molecule has 0 aromatic heterocycles. The van der Waals surface area contributed by atoms with E-state index in [1.165, 1.54) is 7.11 Å². The predicted octanol–water partition coefficient (Wildman–Crippen LogP) is 3.18. The van der Waals surface area contributed by atoms with Gasteiger partial charge in [-0.05, 0) is 30.5 Å². The summed E-state index contributed by atoms with van der Waals surface area (Å²) in [4.78, 5) is 10.4. The Labute approximate surface area is 102 Å². The number of methoxy groups -OCH3 is 1. The van der Waals surface area contributed by atoms with Crippen molar-refractivity contribution in [3.05, 3.63) is 29.1 Å². The number of alkyl halides is 2. The maximum atomic E-state index is 13.5. The lowest BCUT2D eigenvalue weighted by Gasteiger charge is -2.11. The van der Waals surface area contributed by atoms with E-state index in [4.69, 9.17) is 9.84 Å². The molecule has 1 aromatic rings. The molecule has 18 heavy (non-hydrogen) atoms. The zero-order chi connectivity index (χ0) is 13.7. The van der Waals surface area contributed by atoms with Gasteiger partial charge >= 0.3 is 5.97 Å². The summed E-state index contributed by atoms with van der Waals surface area (Å²) in [5.41, 5.74) is -0.173. The van der Waals surface area contributed by atoms with Gasteiger partial charge in [0.05, 0.1) is 7.11 Å². The molecular weight excluding hydrogens is 249 g/mol. The van der Waals surface area contributed by atoms with Crippen LogP contribution in [0.15, 0.2) is 12.1 Å². The van der Waals surface area contributed by atoms with Crippen molar-refractivity contribution in [2.45, 2.75) is 25.7 Å². The van der Waals surface area contributed by atoms with E-state index in [-0.39, 0.29) is 30.6 Å². The van der Waals surface area contributed by atoms with Crippen molar-refractivity contribution >= 4 is 5.97 Å². The fourth-order valence-electron chi connectivity index (χ4n) is 1.64. The van der Waals surface area contributed by atoms with E-state index in [2.05, 4.69) is 0 Å². The first-order valence-electron chi connectivity index (χ1n) is 5.32. The van der Waals surface area contributed by atoms with Crippen molar-refractivity contribution in [2.75, 3.05) is 7.11 Å². The number of carboxylic acids is 1. The van der Waals surface area contributed by atoms with Gasteiger partial charge in [-0.25, -0.2) is 13.2 Å². The Morgan fingerprint density at radius 3 is 2.61 bits per heavy atom. The second-order valence-electron chi connectivity index (χ2n) is 3.74. The smallest absolute Gasteiger partial charge is 0.303 e. The highest BCUT2D eigenvalue weighted by atomic mass is 19.3. The molecule has 100 valence electrons. The summed E-state index contributed by atoms with van der Waals surface area (Å²) in [5.74, 6) is -1.95. The molecule has 0 heterocycles. The minimum Gasteiger partial charge on any atom is -0.493 e. The molecule has 0 saturated carbocycles. The van der Waals surface area contributed by atoms with Crippen LogP contribution in [0.5, 0.6) is 5.75 Å². The van der Waals surface area contributed by atoms with Crippen LogP contribution in [0.3, 0.4) is 0 Å². The highest BCUT2D eigenvalue weighted by Crippen LogP contribution is 2.30. The summed E-state index contributed by atoms with van der Waals surface area (Å²) < 4.78 is 43.3. The summed E-state index contributed by atoms with van der Waals surface area (Å²) in [6, 6.07) is 1.87. The molecule has 1 rings (SSSR count). The van der Waals surface area contributed by atoms with E-state index in [9.17, 15) is 18.0 Å². The zero-order valence-electron chi connectivity index (χ0n) is 9.75. The van der Waals surface area contributed by atoms with E-state index < -0.39 is 23.8 Å². The van der Waals surface area contributed by atoms with Gasteiger partial charge in [0.25, 0.3) is 6.43 Å². The van der Waals surface area contributed by atoms with Gasteiger partial charge in [0, 0.05) is 12.0 Å². The molecular formula is C12H13F3O3. The Hall–Kier alpha value is -1.72. The highest BCUT2D eigenvalue weighted by molar-refractivity contribution is 5.66. The molecule has 6 heteroatoms. The second-order valence-corrected chi connectivity index (χ2v) is 3.74. The van der Waals surface area contributed by atoms with Crippen LogP contribution in [0.1, 0.15) is 30.4 Å². The average Bonchev–Trinajstić information content (AvgIpc) is 2.27. The minimum atomic E-state index is -2.77. The van der Waals surface area contributed by atoms with Crippen molar-refractivity contribution < 1.29 is 27.8 Å². The van der Waals surface area contributed by atoms with Crippen LogP contribution >= 0.6 is 0 Å². The van der Waals surface area contributed by atoms with Crippen LogP contribution in [-0.4, -0.2) is 18.2 Å². The summed E-state index contributed by atoms with van der Waals surface area (Å²) in [6.45, 7) is 0. The number of aryl methyl sites for hydroxylation is 1. The van der Waals surface area contributed by atoms with Crippen LogP contribution in [0.2, 0.25) is 0 Å². The molecule has 0 saturated heterocycles. The molecule has 0 fully saturated rings. The molecule has 1 aromatic carbocycles. The number of aliphatic carboxylic acids is 1. The van der Waals surface area contributed by atoms with Crippen molar-refractivity contribution in [3.8, 4) is 5.75 Å². The molecule has 0 aliphatic carbocycles. The third-order valence-corrected chi connectivity index (χ3v) is 2.44. The van der Waals surface area contributed by atoms with Crippen LogP contribution in [0.25, 0.3) is 0 Å². The normalized spacial score (nSPS) is 10.7. The quantitative estimate of drug-likeness (QED) is 0.856. The molecule has 0 atom stereocenters. The molecule has 1 N–H and O–H groups in total. The fraction of sp³-hybridized carbons (Fsp3) is 0.417. The van der Waals surface area contributed by atoms with E-state index >= 15 is 0 Å². The summed E-state index contributed by atoms with van der Waals surface area (Å²) in [5, 5.41) is 8.49. The molecule has 0 radical (unpaired) electrons. The van der Waals surface area contributed by atoms with Crippen LogP contribution in [0.4, 0.5) is 13.2 Å². The zero-order valence-corrected chi connectivity index (χ0v) is 9.75. The lowest BCUT2D eigenvalue weighted by molar-refractivity contribution is -0.137. The number of halogens is 3. The Morgan fingerprint density at radius 2 is 2.11 bits per heavy atom. The van der Waals surface area contributed by atoms with Gasteiger partial charge in [0.2, 0.25) is 0 Å². The van der Waals surface area contributed by atoms with Crippen molar-refractivity contribution in [1.82, 2.24) is 0 Å². The van der Waals surface area contributed by atoms with Crippen molar-refractivity contribution in [2.24, 2.45) is 0 Å². The first-order chi connectivity index (χ1) is 8.45. The topological polar surface area (TPSA) is 46.5 Å². The molecule has 0 aliphatic heterocycles. The van der Waals surface area contributed by atoms with E-state index in [1.807, 2.05) is 0 Å². The van der Waals surface area contributed by atoms with Gasteiger partial charge in [-0.15, -0.1) is 0 Å². The Kier molecular flexibility index (Phi) is 5.00. The van der Waals surface area contributed by atoms with Crippen molar-refractivity contribution in [3.63, 3.8) is 0 Å². The number of rotatable bonds is 6. The van der Waals surface area contributed by atoms with E-state index in [0.29, 0.717) is 0 Å². The number of carbonyl (C=O) groups is 1. The Bertz CT molecular complexity index is 433. The average molecular weight is 262 g/mol. The third kappa shape index (κ3) is 3.65.